The van der Waals surface area contributed by atoms with E-state index in [4.69, 9.17) is 5.73 Å². The minimum absolute atomic E-state index is 0. The number of rotatable bonds is 3. The fraction of sp³-hybridized carbons (Fsp3) is 0.562. The van der Waals surface area contributed by atoms with Crippen LogP contribution in [0, 0.1) is 5.41 Å². The molecule has 1 aromatic rings. The van der Waals surface area contributed by atoms with Gasteiger partial charge >= 0.3 is 0 Å². The van der Waals surface area contributed by atoms with Crippen molar-refractivity contribution in [3.8, 4) is 0 Å². The predicted molar refractivity (Wildman–Crippen MR) is 83.0 cm³/mol. The highest BCUT2D eigenvalue weighted by Gasteiger charge is 2.40. The Hall–Kier alpha value is -1.06. The lowest BCUT2D eigenvalue weighted by Crippen LogP contribution is -2.48. The summed E-state index contributed by atoms with van der Waals surface area (Å²) in [6.07, 6.45) is 6.10. The van der Waals surface area contributed by atoms with Crippen LogP contribution in [0.5, 0.6) is 0 Å². The van der Waals surface area contributed by atoms with E-state index in [1.165, 1.54) is 11.1 Å². The van der Waals surface area contributed by atoms with Gasteiger partial charge in [0.2, 0.25) is 5.91 Å². The molecule has 1 aromatic carbocycles. The molecule has 0 unspecified atom stereocenters. The van der Waals surface area contributed by atoms with E-state index < -0.39 is 0 Å². The Morgan fingerprint density at radius 2 is 1.75 bits per heavy atom. The molecular formula is C16H23ClN2O. The number of fused-ring (bicyclic) bond motifs is 1. The zero-order chi connectivity index (χ0) is 13.3. The highest BCUT2D eigenvalue weighted by atomic mass is 35.5. The van der Waals surface area contributed by atoms with Gasteiger partial charge in [-0.1, -0.05) is 37.1 Å². The first-order valence-corrected chi connectivity index (χ1v) is 7.31. The second-order valence-corrected chi connectivity index (χ2v) is 6.04. The topological polar surface area (TPSA) is 55.1 Å². The average Bonchev–Trinajstić information content (AvgIpc) is 3.05. The van der Waals surface area contributed by atoms with E-state index in [9.17, 15) is 4.79 Å². The molecule has 1 fully saturated rings. The SMILES string of the molecule is Cl.NCC1(C(=O)NC2Cc3ccccc3C2)CCCC1. The fourth-order valence-electron chi connectivity index (χ4n) is 3.58. The van der Waals surface area contributed by atoms with Crippen molar-refractivity contribution < 1.29 is 4.79 Å². The van der Waals surface area contributed by atoms with Gasteiger partial charge in [0.25, 0.3) is 0 Å². The van der Waals surface area contributed by atoms with Gasteiger partial charge in [0.05, 0.1) is 5.41 Å². The monoisotopic (exact) mass is 294 g/mol. The Kier molecular flexibility index (Phi) is 4.71. The molecule has 20 heavy (non-hydrogen) atoms. The van der Waals surface area contributed by atoms with E-state index in [0.717, 1.165) is 38.5 Å². The smallest absolute Gasteiger partial charge is 0.227 e. The molecule has 3 nitrogen and oxygen atoms in total. The van der Waals surface area contributed by atoms with Crippen LogP contribution in [-0.4, -0.2) is 18.5 Å². The molecule has 3 rings (SSSR count). The van der Waals surface area contributed by atoms with E-state index >= 15 is 0 Å². The van der Waals surface area contributed by atoms with Crippen LogP contribution in [0.3, 0.4) is 0 Å². The van der Waals surface area contributed by atoms with Gasteiger partial charge in [-0.05, 0) is 36.8 Å². The van der Waals surface area contributed by atoms with Crippen LogP contribution in [0.2, 0.25) is 0 Å². The molecular weight excluding hydrogens is 272 g/mol. The molecule has 3 N–H and O–H groups in total. The predicted octanol–water partition coefficient (Wildman–Crippen LogP) is 2.21. The van der Waals surface area contributed by atoms with Crippen LogP contribution in [0.1, 0.15) is 36.8 Å². The van der Waals surface area contributed by atoms with Gasteiger partial charge in [-0.25, -0.2) is 0 Å². The van der Waals surface area contributed by atoms with Crippen molar-refractivity contribution in [3.63, 3.8) is 0 Å². The van der Waals surface area contributed by atoms with Crippen molar-refractivity contribution in [2.24, 2.45) is 11.1 Å². The van der Waals surface area contributed by atoms with Crippen molar-refractivity contribution in [1.29, 1.82) is 0 Å². The molecule has 2 aliphatic carbocycles. The Morgan fingerprint density at radius 3 is 2.25 bits per heavy atom. The highest BCUT2D eigenvalue weighted by molar-refractivity contribution is 5.85. The first-order chi connectivity index (χ1) is 9.23. The summed E-state index contributed by atoms with van der Waals surface area (Å²) in [5.74, 6) is 0.185. The molecule has 1 saturated carbocycles. The summed E-state index contributed by atoms with van der Waals surface area (Å²) in [7, 11) is 0. The van der Waals surface area contributed by atoms with Crippen molar-refractivity contribution >= 4 is 18.3 Å². The van der Waals surface area contributed by atoms with Crippen LogP contribution in [0.4, 0.5) is 0 Å². The third-order valence-corrected chi connectivity index (χ3v) is 4.82. The molecule has 0 atom stereocenters. The van der Waals surface area contributed by atoms with Gasteiger partial charge in [0, 0.05) is 12.6 Å². The maximum atomic E-state index is 12.5. The van der Waals surface area contributed by atoms with E-state index in [0.29, 0.717) is 6.54 Å². The lowest BCUT2D eigenvalue weighted by atomic mass is 9.85. The maximum Gasteiger partial charge on any atom is 0.227 e. The third-order valence-electron chi connectivity index (χ3n) is 4.82. The molecule has 4 heteroatoms. The van der Waals surface area contributed by atoms with Gasteiger partial charge in [-0.3, -0.25) is 4.79 Å². The largest absolute Gasteiger partial charge is 0.352 e. The quantitative estimate of drug-likeness (QED) is 0.898. The summed E-state index contributed by atoms with van der Waals surface area (Å²) in [4.78, 5) is 12.5. The van der Waals surface area contributed by atoms with E-state index in [-0.39, 0.29) is 29.8 Å². The molecule has 2 aliphatic rings. The number of amides is 1. The molecule has 0 bridgehead atoms. The number of carbonyl (C=O) groups excluding carboxylic acids is 1. The molecule has 0 radical (unpaired) electrons. The minimum Gasteiger partial charge on any atom is -0.352 e. The van der Waals surface area contributed by atoms with Crippen molar-refractivity contribution in [2.45, 2.75) is 44.6 Å². The number of nitrogens with one attached hydrogen (secondary N) is 1. The average molecular weight is 295 g/mol. The van der Waals surface area contributed by atoms with Crippen LogP contribution < -0.4 is 11.1 Å². The fourth-order valence-corrected chi connectivity index (χ4v) is 3.58. The summed E-state index contributed by atoms with van der Waals surface area (Å²) in [6.45, 7) is 0.485. The first kappa shape index (κ1) is 15.3. The third kappa shape index (κ3) is 2.70. The van der Waals surface area contributed by atoms with E-state index in [1.54, 1.807) is 0 Å². The van der Waals surface area contributed by atoms with Gasteiger partial charge < -0.3 is 11.1 Å². The zero-order valence-corrected chi connectivity index (χ0v) is 12.5. The lowest BCUT2D eigenvalue weighted by Gasteiger charge is -2.27. The molecule has 0 aromatic heterocycles. The number of hydrogen-bond donors (Lipinski definition) is 2. The van der Waals surface area contributed by atoms with E-state index in [2.05, 4.69) is 29.6 Å². The number of carbonyl (C=O) groups is 1. The second-order valence-electron chi connectivity index (χ2n) is 6.04. The highest BCUT2D eigenvalue weighted by Crippen LogP contribution is 2.37. The van der Waals surface area contributed by atoms with Crippen LogP contribution in [0.25, 0.3) is 0 Å². The maximum absolute atomic E-state index is 12.5. The molecule has 110 valence electrons. The molecule has 0 saturated heterocycles. The summed E-state index contributed by atoms with van der Waals surface area (Å²) >= 11 is 0. The van der Waals surface area contributed by atoms with Crippen LogP contribution in [-0.2, 0) is 17.6 Å². The summed E-state index contributed by atoms with van der Waals surface area (Å²) in [5.41, 5.74) is 8.34. The zero-order valence-electron chi connectivity index (χ0n) is 11.7. The molecule has 0 heterocycles. The number of benzene rings is 1. The van der Waals surface area contributed by atoms with Gasteiger partial charge in [0.15, 0.2) is 0 Å². The minimum atomic E-state index is -0.283. The molecule has 0 aliphatic heterocycles. The summed E-state index contributed by atoms with van der Waals surface area (Å²) < 4.78 is 0. The molecule has 0 spiro atoms. The first-order valence-electron chi connectivity index (χ1n) is 7.31. The van der Waals surface area contributed by atoms with Gasteiger partial charge in [0.1, 0.15) is 0 Å². The summed E-state index contributed by atoms with van der Waals surface area (Å²) in [5, 5.41) is 3.24. The Bertz CT molecular complexity index is 458. The van der Waals surface area contributed by atoms with Gasteiger partial charge in [-0.2, -0.15) is 0 Å². The standard InChI is InChI=1S/C16H22N2O.ClH/c17-11-16(7-3-4-8-16)15(19)18-14-9-12-5-1-2-6-13(12)10-14;/h1-2,5-6,14H,3-4,7-11,17H2,(H,18,19);1H. The summed E-state index contributed by atoms with van der Waals surface area (Å²) in [6, 6.07) is 8.72. The van der Waals surface area contributed by atoms with Crippen molar-refractivity contribution in [2.75, 3.05) is 6.54 Å². The number of hydrogen-bond acceptors (Lipinski definition) is 2. The lowest BCUT2D eigenvalue weighted by molar-refractivity contribution is -0.131. The number of nitrogens with two attached hydrogens (primary N) is 1. The Balaban J connectivity index is 0.00000147. The van der Waals surface area contributed by atoms with Crippen LogP contribution >= 0.6 is 12.4 Å². The normalized spacial score (nSPS) is 20.2. The molecule has 1 amide bonds. The number of halogens is 1. The Morgan fingerprint density at radius 1 is 1.20 bits per heavy atom. The van der Waals surface area contributed by atoms with Crippen molar-refractivity contribution in [1.82, 2.24) is 5.32 Å². The van der Waals surface area contributed by atoms with Crippen LogP contribution in [0.15, 0.2) is 24.3 Å². The second kappa shape index (κ2) is 6.15. The van der Waals surface area contributed by atoms with Gasteiger partial charge in [-0.15, -0.1) is 12.4 Å². The van der Waals surface area contributed by atoms with E-state index in [1.807, 2.05) is 0 Å². The Labute approximate surface area is 126 Å². The van der Waals surface area contributed by atoms with Crippen molar-refractivity contribution in [3.05, 3.63) is 35.4 Å².